The van der Waals surface area contributed by atoms with Crippen LogP contribution in [0.2, 0.25) is 0 Å². The summed E-state index contributed by atoms with van der Waals surface area (Å²) in [4.78, 5) is 4.45. The van der Waals surface area contributed by atoms with Gasteiger partial charge >= 0.3 is 0 Å². The molecule has 1 aliphatic rings. The monoisotopic (exact) mass is 185 g/mol. The summed E-state index contributed by atoms with van der Waals surface area (Å²) in [5.41, 5.74) is 0. The average Bonchev–Trinajstić information content (AvgIpc) is 2.45. The van der Waals surface area contributed by atoms with E-state index in [0.717, 1.165) is 0 Å². The number of nitrogens with zero attached hydrogens (tertiary/aromatic N) is 1. The van der Waals surface area contributed by atoms with Crippen molar-refractivity contribution in [1.82, 2.24) is 0 Å². The van der Waals surface area contributed by atoms with Crippen molar-refractivity contribution in [3.63, 3.8) is 0 Å². The van der Waals surface area contributed by atoms with Crippen LogP contribution < -0.4 is 0 Å². The van der Waals surface area contributed by atoms with Gasteiger partial charge in [0.15, 0.2) is 0 Å². The molecule has 1 rings (SSSR count). The molecule has 0 fully saturated rings. The van der Waals surface area contributed by atoms with Crippen molar-refractivity contribution < 1.29 is 0 Å². The Morgan fingerprint density at radius 1 is 1.33 bits per heavy atom. The molecule has 0 aromatic carbocycles. The smallest absolute Gasteiger partial charge is 0.0954 e. The molecule has 12 heavy (non-hydrogen) atoms. The van der Waals surface area contributed by atoms with E-state index in [1.807, 2.05) is 11.8 Å². The first-order chi connectivity index (χ1) is 5.83. The molecule has 0 saturated carbocycles. The first-order valence-corrected chi connectivity index (χ1v) is 5.96. The maximum atomic E-state index is 4.45. The summed E-state index contributed by atoms with van der Waals surface area (Å²) < 4.78 is 0. The van der Waals surface area contributed by atoms with Gasteiger partial charge < -0.3 is 0 Å². The largest absolute Gasteiger partial charge is 0.282 e. The average molecular weight is 185 g/mol. The van der Waals surface area contributed by atoms with Gasteiger partial charge in [0, 0.05) is 11.5 Å². The molecular weight excluding hydrogens is 166 g/mol. The highest BCUT2D eigenvalue weighted by Crippen LogP contribution is 2.27. The van der Waals surface area contributed by atoms with Crippen LogP contribution in [-0.2, 0) is 0 Å². The van der Waals surface area contributed by atoms with Gasteiger partial charge in [0.2, 0.25) is 0 Å². The van der Waals surface area contributed by atoms with Crippen molar-refractivity contribution in [3.05, 3.63) is 0 Å². The summed E-state index contributed by atoms with van der Waals surface area (Å²) in [5, 5.41) is 1.23. The molecule has 1 heterocycles. The second-order valence-corrected chi connectivity index (χ2v) is 5.00. The Balaban J connectivity index is 1.98. The van der Waals surface area contributed by atoms with E-state index in [2.05, 4.69) is 25.1 Å². The third kappa shape index (κ3) is 3.61. The fourth-order valence-electron chi connectivity index (χ4n) is 1.42. The normalized spacial score (nSPS) is 28.2. The van der Waals surface area contributed by atoms with E-state index in [0.29, 0.717) is 10.6 Å². The number of hydrogen-bond acceptors (Lipinski definition) is 2. The summed E-state index contributed by atoms with van der Waals surface area (Å²) in [7, 11) is 0. The van der Waals surface area contributed by atoms with Gasteiger partial charge in [0.05, 0.1) is 5.37 Å². The quantitative estimate of drug-likeness (QED) is 0.597. The standard InChI is InChI=1S/C10H19NS/c1-3-4-5-6-7-10-11-8-9(2)12-10/h8-10H,3-7H2,1-2H3. The van der Waals surface area contributed by atoms with Crippen molar-refractivity contribution in [2.24, 2.45) is 4.99 Å². The molecule has 0 aliphatic carbocycles. The predicted molar refractivity (Wildman–Crippen MR) is 58.1 cm³/mol. The van der Waals surface area contributed by atoms with Gasteiger partial charge in [-0.1, -0.05) is 32.6 Å². The van der Waals surface area contributed by atoms with Gasteiger partial charge in [0.1, 0.15) is 0 Å². The molecule has 1 nitrogen and oxygen atoms in total. The van der Waals surface area contributed by atoms with Crippen LogP contribution in [-0.4, -0.2) is 16.8 Å². The van der Waals surface area contributed by atoms with E-state index in [9.17, 15) is 0 Å². The Bertz CT molecular complexity index is 145. The third-order valence-electron chi connectivity index (χ3n) is 2.14. The zero-order valence-electron chi connectivity index (χ0n) is 8.12. The Kier molecular flexibility index (Phi) is 4.74. The highest BCUT2D eigenvalue weighted by Gasteiger charge is 2.15. The predicted octanol–water partition coefficient (Wildman–Crippen LogP) is 3.49. The lowest BCUT2D eigenvalue weighted by Crippen LogP contribution is -1.96. The van der Waals surface area contributed by atoms with E-state index in [-0.39, 0.29) is 0 Å². The van der Waals surface area contributed by atoms with Crippen molar-refractivity contribution in [1.29, 1.82) is 0 Å². The molecule has 0 saturated heterocycles. The first-order valence-electron chi connectivity index (χ1n) is 5.01. The number of rotatable bonds is 5. The second-order valence-electron chi connectivity index (χ2n) is 3.44. The molecule has 2 heteroatoms. The number of aliphatic imine (C=N–C) groups is 1. The van der Waals surface area contributed by atoms with E-state index < -0.39 is 0 Å². The van der Waals surface area contributed by atoms with Gasteiger partial charge in [-0.3, -0.25) is 4.99 Å². The maximum absolute atomic E-state index is 4.45. The summed E-state index contributed by atoms with van der Waals surface area (Å²) in [6.07, 6.45) is 8.84. The Morgan fingerprint density at radius 2 is 2.17 bits per heavy atom. The summed E-state index contributed by atoms with van der Waals surface area (Å²) in [5.74, 6) is 0. The summed E-state index contributed by atoms with van der Waals surface area (Å²) in [6, 6.07) is 0. The van der Waals surface area contributed by atoms with Crippen LogP contribution in [0.25, 0.3) is 0 Å². The lowest BCUT2D eigenvalue weighted by molar-refractivity contribution is 0.627. The Morgan fingerprint density at radius 3 is 2.75 bits per heavy atom. The maximum Gasteiger partial charge on any atom is 0.0954 e. The molecule has 0 radical (unpaired) electrons. The zero-order chi connectivity index (χ0) is 8.81. The minimum Gasteiger partial charge on any atom is -0.282 e. The first kappa shape index (κ1) is 10.1. The van der Waals surface area contributed by atoms with Crippen molar-refractivity contribution in [3.8, 4) is 0 Å². The van der Waals surface area contributed by atoms with Gasteiger partial charge in [-0.25, -0.2) is 0 Å². The van der Waals surface area contributed by atoms with Gasteiger partial charge in [0.25, 0.3) is 0 Å². The molecule has 0 aromatic rings. The summed E-state index contributed by atoms with van der Waals surface area (Å²) in [6.45, 7) is 4.48. The van der Waals surface area contributed by atoms with Crippen molar-refractivity contribution >= 4 is 18.0 Å². The van der Waals surface area contributed by atoms with Crippen LogP contribution in [0.1, 0.15) is 46.0 Å². The van der Waals surface area contributed by atoms with E-state index >= 15 is 0 Å². The number of unbranched alkanes of at least 4 members (excludes halogenated alkanes) is 3. The molecule has 0 bridgehead atoms. The molecule has 0 spiro atoms. The van der Waals surface area contributed by atoms with Crippen molar-refractivity contribution in [2.45, 2.75) is 56.6 Å². The third-order valence-corrected chi connectivity index (χ3v) is 3.36. The minimum atomic E-state index is 0.580. The highest BCUT2D eigenvalue weighted by atomic mass is 32.2. The van der Waals surface area contributed by atoms with Crippen molar-refractivity contribution in [2.75, 3.05) is 0 Å². The SMILES string of the molecule is CCCCCCC1N=CC(C)S1. The number of hydrogen-bond donors (Lipinski definition) is 0. The fraction of sp³-hybridized carbons (Fsp3) is 0.900. The molecule has 1 aliphatic heterocycles. The molecule has 0 N–H and O–H groups in total. The van der Waals surface area contributed by atoms with Crippen LogP contribution in [0, 0.1) is 0 Å². The minimum absolute atomic E-state index is 0.580. The number of thioether (sulfide) groups is 1. The molecule has 2 atom stereocenters. The topological polar surface area (TPSA) is 12.4 Å². The van der Waals surface area contributed by atoms with E-state index in [1.165, 1.54) is 32.1 Å². The molecule has 70 valence electrons. The van der Waals surface area contributed by atoms with E-state index in [1.54, 1.807) is 0 Å². The Labute approximate surface area is 80.0 Å². The molecule has 0 amide bonds. The van der Waals surface area contributed by atoms with Crippen LogP contribution >= 0.6 is 11.8 Å². The fourth-order valence-corrected chi connectivity index (χ4v) is 2.50. The van der Waals surface area contributed by atoms with Gasteiger partial charge in [-0.2, -0.15) is 0 Å². The molecule has 2 unspecified atom stereocenters. The van der Waals surface area contributed by atoms with Gasteiger partial charge in [-0.15, -0.1) is 11.8 Å². The molecule has 0 aromatic heterocycles. The lowest BCUT2D eigenvalue weighted by atomic mass is 10.1. The van der Waals surface area contributed by atoms with E-state index in [4.69, 9.17) is 0 Å². The second kappa shape index (κ2) is 5.63. The van der Waals surface area contributed by atoms with Gasteiger partial charge in [-0.05, 0) is 13.3 Å². The lowest BCUT2D eigenvalue weighted by Gasteiger charge is -2.06. The highest BCUT2D eigenvalue weighted by molar-refractivity contribution is 8.01. The van der Waals surface area contributed by atoms with Crippen LogP contribution in [0.4, 0.5) is 0 Å². The Hall–Kier alpha value is 0.0200. The van der Waals surface area contributed by atoms with Crippen LogP contribution in [0.15, 0.2) is 4.99 Å². The van der Waals surface area contributed by atoms with Crippen LogP contribution in [0.3, 0.4) is 0 Å². The zero-order valence-corrected chi connectivity index (χ0v) is 8.94. The molecular formula is C10H19NS. The summed E-state index contributed by atoms with van der Waals surface area (Å²) >= 11 is 2.00. The van der Waals surface area contributed by atoms with Crippen LogP contribution in [0.5, 0.6) is 0 Å².